The first kappa shape index (κ1) is 19.1. The van der Waals surface area contributed by atoms with Crippen LogP contribution in [0, 0.1) is 11.6 Å². The van der Waals surface area contributed by atoms with Gasteiger partial charge in [-0.1, -0.05) is 0 Å². The molecule has 1 aliphatic carbocycles. The number of aromatic nitrogens is 1. The normalized spacial score (nSPS) is 13.4. The molecule has 29 heavy (non-hydrogen) atoms. The van der Waals surface area contributed by atoms with Crippen LogP contribution in [0.4, 0.5) is 8.78 Å². The third-order valence-corrected chi connectivity index (χ3v) is 4.75. The Bertz CT molecular complexity index is 1080. The molecule has 5 nitrogen and oxygen atoms in total. The average molecular weight is 399 g/mol. The fourth-order valence-corrected chi connectivity index (χ4v) is 3.19. The molecule has 3 aromatic rings. The molecule has 0 spiro atoms. The molecule has 1 saturated carbocycles. The van der Waals surface area contributed by atoms with Crippen LogP contribution in [0.3, 0.4) is 0 Å². The molecule has 1 fully saturated rings. The van der Waals surface area contributed by atoms with Crippen molar-refractivity contribution >= 4 is 16.9 Å². The van der Waals surface area contributed by atoms with Crippen LogP contribution in [-0.4, -0.2) is 24.7 Å². The largest absolute Gasteiger partial charge is 0.497 e. The summed E-state index contributed by atoms with van der Waals surface area (Å²) in [6.45, 7) is 1.81. The number of hydrogen-bond acceptors (Lipinski definition) is 5. The van der Waals surface area contributed by atoms with Gasteiger partial charge in [0.05, 0.1) is 30.3 Å². The fraction of sp³-hybridized carbons (Fsp3) is 0.273. The molecule has 0 radical (unpaired) electrons. The molecule has 0 amide bonds. The number of fused-ring (bicyclic) bond motifs is 1. The maximum absolute atomic E-state index is 14.8. The van der Waals surface area contributed by atoms with Crippen molar-refractivity contribution in [3.63, 3.8) is 0 Å². The van der Waals surface area contributed by atoms with Crippen molar-refractivity contribution < 1.29 is 27.8 Å². The van der Waals surface area contributed by atoms with Gasteiger partial charge in [0, 0.05) is 5.92 Å². The number of hydrogen-bond donors (Lipinski definition) is 0. The van der Waals surface area contributed by atoms with Crippen molar-refractivity contribution in [1.29, 1.82) is 0 Å². The summed E-state index contributed by atoms with van der Waals surface area (Å²) in [7, 11) is 1.53. The highest BCUT2D eigenvalue weighted by molar-refractivity contribution is 6.01. The van der Waals surface area contributed by atoms with E-state index in [0.29, 0.717) is 17.2 Å². The predicted octanol–water partition coefficient (Wildman–Crippen LogP) is 5.37. The molecule has 0 unspecified atom stereocenters. The molecular formula is C22H19F2NO4. The second-order valence-corrected chi connectivity index (χ2v) is 6.73. The van der Waals surface area contributed by atoms with Crippen LogP contribution in [0.25, 0.3) is 10.9 Å². The third-order valence-electron chi connectivity index (χ3n) is 4.75. The first-order valence-electron chi connectivity index (χ1n) is 9.34. The first-order valence-corrected chi connectivity index (χ1v) is 9.34. The predicted molar refractivity (Wildman–Crippen MR) is 103 cm³/mol. The van der Waals surface area contributed by atoms with Gasteiger partial charge < -0.3 is 14.2 Å². The molecule has 1 heterocycles. The molecule has 0 saturated heterocycles. The van der Waals surface area contributed by atoms with Gasteiger partial charge in [-0.05, 0) is 56.2 Å². The van der Waals surface area contributed by atoms with E-state index < -0.39 is 17.6 Å². The zero-order chi connectivity index (χ0) is 20.5. The molecule has 150 valence electrons. The lowest BCUT2D eigenvalue weighted by Crippen LogP contribution is -2.12. The van der Waals surface area contributed by atoms with Crippen LogP contribution in [0.1, 0.15) is 41.7 Å². The van der Waals surface area contributed by atoms with Crippen molar-refractivity contribution in [3.05, 3.63) is 59.3 Å². The highest BCUT2D eigenvalue weighted by atomic mass is 19.2. The Morgan fingerprint density at radius 3 is 2.41 bits per heavy atom. The van der Waals surface area contributed by atoms with E-state index in [1.165, 1.54) is 13.2 Å². The van der Waals surface area contributed by atoms with E-state index in [9.17, 15) is 13.6 Å². The van der Waals surface area contributed by atoms with Gasteiger partial charge in [-0.2, -0.15) is 0 Å². The van der Waals surface area contributed by atoms with Crippen molar-refractivity contribution in [2.75, 3.05) is 13.7 Å². The summed E-state index contributed by atoms with van der Waals surface area (Å²) in [6.07, 6.45) is 1.72. The zero-order valence-corrected chi connectivity index (χ0v) is 16.0. The summed E-state index contributed by atoms with van der Waals surface area (Å²) < 4.78 is 45.1. The van der Waals surface area contributed by atoms with Gasteiger partial charge in [-0.3, -0.25) is 4.98 Å². The molecular weight excluding hydrogens is 380 g/mol. The van der Waals surface area contributed by atoms with E-state index in [2.05, 4.69) is 4.98 Å². The van der Waals surface area contributed by atoms with Crippen molar-refractivity contribution in [1.82, 2.24) is 4.98 Å². The highest BCUT2D eigenvalue weighted by Gasteiger charge is 2.35. The van der Waals surface area contributed by atoms with Crippen LogP contribution < -0.4 is 9.47 Å². The minimum atomic E-state index is -1.12. The minimum Gasteiger partial charge on any atom is -0.497 e. The number of nitrogens with zero attached hydrogens (tertiary/aromatic N) is 1. The van der Waals surface area contributed by atoms with Gasteiger partial charge in [0.1, 0.15) is 17.1 Å². The van der Waals surface area contributed by atoms with Gasteiger partial charge in [-0.25, -0.2) is 13.6 Å². The summed E-state index contributed by atoms with van der Waals surface area (Å²) >= 11 is 0. The van der Waals surface area contributed by atoms with Crippen molar-refractivity contribution in [2.45, 2.75) is 25.7 Å². The molecule has 7 heteroatoms. The van der Waals surface area contributed by atoms with Gasteiger partial charge in [0.2, 0.25) is 0 Å². The Morgan fingerprint density at radius 1 is 1.10 bits per heavy atom. The second-order valence-electron chi connectivity index (χ2n) is 6.73. The van der Waals surface area contributed by atoms with Crippen LogP contribution in [0.5, 0.6) is 17.2 Å². The van der Waals surface area contributed by atoms with E-state index in [1.807, 2.05) is 0 Å². The second kappa shape index (κ2) is 7.66. The molecule has 0 aliphatic heterocycles. The Labute approximate surface area is 166 Å². The minimum absolute atomic E-state index is 0.0437. The topological polar surface area (TPSA) is 57.7 Å². The lowest BCUT2D eigenvalue weighted by molar-refractivity contribution is 0.0522. The first-order chi connectivity index (χ1) is 14.0. The number of carbonyl (C=O) groups is 1. The SMILES string of the molecule is CCOC(=O)c1c(C2CC2)nc2ccc(F)c(F)c2c1Oc1ccc(OC)cc1. The number of ether oxygens (including phenoxy) is 3. The Balaban J connectivity index is 1.97. The quantitative estimate of drug-likeness (QED) is 0.522. The number of pyridine rings is 1. The average Bonchev–Trinajstić information content (AvgIpc) is 3.56. The highest BCUT2D eigenvalue weighted by Crippen LogP contribution is 2.46. The van der Waals surface area contributed by atoms with E-state index in [-0.39, 0.29) is 34.7 Å². The number of methoxy groups -OCH3 is 1. The summed E-state index contributed by atoms with van der Waals surface area (Å²) in [5, 5.41) is -0.187. The van der Waals surface area contributed by atoms with Gasteiger partial charge in [-0.15, -0.1) is 0 Å². The Hall–Kier alpha value is -3.22. The van der Waals surface area contributed by atoms with E-state index >= 15 is 0 Å². The summed E-state index contributed by atoms with van der Waals surface area (Å²) in [4.78, 5) is 17.2. The van der Waals surface area contributed by atoms with Crippen LogP contribution >= 0.6 is 0 Å². The van der Waals surface area contributed by atoms with Gasteiger partial charge in [0.25, 0.3) is 0 Å². The fourth-order valence-electron chi connectivity index (χ4n) is 3.19. The van der Waals surface area contributed by atoms with E-state index in [1.54, 1.807) is 31.2 Å². The number of benzene rings is 2. The van der Waals surface area contributed by atoms with Crippen LogP contribution in [0.15, 0.2) is 36.4 Å². The number of esters is 1. The van der Waals surface area contributed by atoms with Crippen molar-refractivity contribution in [2.24, 2.45) is 0 Å². The zero-order valence-electron chi connectivity index (χ0n) is 16.0. The smallest absolute Gasteiger partial charge is 0.343 e. The molecule has 2 aromatic carbocycles. The van der Waals surface area contributed by atoms with Crippen molar-refractivity contribution in [3.8, 4) is 17.2 Å². The summed E-state index contributed by atoms with van der Waals surface area (Å²) in [6, 6.07) is 8.98. The number of carbonyl (C=O) groups excluding carboxylic acids is 1. The monoisotopic (exact) mass is 399 g/mol. The van der Waals surface area contributed by atoms with Crippen LogP contribution in [0.2, 0.25) is 0 Å². The standard InChI is InChI=1S/C22H19F2NO4/c1-3-28-22(26)18-20(12-4-5-12)25-16-11-10-15(23)19(24)17(16)21(18)29-14-8-6-13(27-2)7-9-14/h6-12H,3-5H2,1-2H3. The van der Waals surface area contributed by atoms with Gasteiger partial charge >= 0.3 is 5.97 Å². The van der Waals surface area contributed by atoms with E-state index in [0.717, 1.165) is 18.9 Å². The van der Waals surface area contributed by atoms with Crippen LogP contribution in [-0.2, 0) is 4.74 Å². The lowest BCUT2D eigenvalue weighted by atomic mass is 10.0. The summed E-state index contributed by atoms with van der Waals surface area (Å²) in [5.41, 5.74) is 0.759. The molecule has 0 atom stereocenters. The molecule has 4 rings (SSSR count). The maximum Gasteiger partial charge on any atom is 0.343 e. The third kappa shape index (κ3) is 3.60. The van der Waals surface area contributed by atoms with Gasteiger partial charge in [0.15, 0.2) is 17.4 Å². The number of rotatable bonds is 6. The summed E-state index contributed by atoms with van der Waals surface area (Å²) in [5.74, 6) is -1.91. The molecule has 1 aliphatic rings. The molecule has 0 N–H and O–H groups in total. The molecule has 0 bridgehead atoms. The lowest BCUT2D eigenvalue weighted by Gasteiger charge is -2.17. The van der Waals surface area contributed by atoms with E-state index in [4.69, 9.17) is 14.2 Å². The Kier molecular flexibility index (Phi) is 5.05. The number of halogens is 2. The molecule has 1 aromatic heterocycles. The maximum atomic E-state index is 14.8. The Morgan fingerprint density at radius 2 is 1.79 bits per heavy atom.